The smallest absolute Gasteiger partial charge is 0.302 e. The maximum atomic E-state index is 11.2. The highest BCUT2D eigenvalue weighted by Crippen LogP contribution is 2.35. The van der Waals surface area contributed by atoms with Crippen LogP contribution in [0.1, 0.15) is 86.5 Å². The summed E-state index contributed by atoms with van der Waals surface area (Å²) in [5.74, 6) is -0.386. The second-order valence-corrected chi connectivity index (χ2v) is 10.7. The molecule has 6 atom stereocenters. The molecule has 1 aliphatic carbocycles. The van der Waals surface area contributed by atoms with E-state index in [1.165, 1.54) is 23.6 Å². The fourth-order valence-corrected chi connectivity index (χ4v) is 4.64. The van der Waals surface area contributed by atoms with Crippen LogP contribution in [-0.4, -0.2) is 64.2 Å². The van der Waals surface area contributed by atoms with E-state index < -0.39 is 42.3 Å². The van der Waals surface area contributed by atoms with Crippen LogP contribution in [0, 0.1) is 5.92 Å². The highest BCUT2D eigenvalue weighted by Gasteiger charge is 2.47. The molecule has 0 amide bonds. The number of hydrogen-bond donors (Lipinski definition) is 3. The summed E-state index contributed by atoms with van der Waals surface area (Å²) in [6.07, 6.45) is 7.33. The average Bonchev–Trinajstić information content (AvgIpc) is 2.77. The Morgan fingerprint density at radius 1 is 0.943 bits per heavy atom. The molecule has 2 aliphatic rings. The van der Waals surface area contributed by atoms with Gasteiger partial charge in [0.15, 0.2) is 6.29 Å². The zero-order valence-electron chi connectivity index (χ0n) is 22.3. The van der Waals surface area contributed by atoms with Gasteiger partial charge in [0, 0.05) is 6.92 Å². The Kier molecular flexibility index (Phi) is 11.6. The predicted molar refractivity (Wildman–Crippen MR) is 136 cm³/mol. The summed E-state index contributed by atoms with van der Waals surface area (Å²) in [4.78, 5) is 11.2. The first-order chi connectivity index (χ1) is 16.4. The third kappa shape index (κ3) is 9.47. The molecule has 0 spiro atoms. The Morgan fingerprint density at radius 3 is 2.11 bits per heavy atom. The molecule has 0 radical (unpaired) electrons. The van der Waals surface area contributed by atoms with Gasteiger partial charge in [0.25, 0.3) is 0 Å². The molecule has 7 heteroatoms. The van der Waals surface area contributed by atoms with Crippen LogP contribution in [0.25, 0.3) is 0 Å². The molecule has 1 unspecified atom stereocenters. The molecule has 2 rings (SSSR count). The number of rotatable bonds is 5. The van der Waals surface area contributed by atoms with Crippen molar-refractivity contribution in [3.05, 3.63) is 34.9 Å². The molecule has 0 aromatic heterocycles. The molecule has 1 saturated heterocycles. The molecule has 1 aliphatic heterocycles. The summed E-state index contributed by atoms with van der Waals surface area (Å²) in [5, 5.41) is 31.2. The molecule has 0 bridgehead atoms. The van der Waals surface area contributed by atoms with Gasteiger partial charge in [-0.05, 0) is 85.5 Å². The first-order valence-corrected chi connectivity index (χ1v) is 12.9. The number of allylic oxidation sites excluding steroid dienone is 6. The van der Waals surface area contributed by atoms with E-state index in [4.69, 9.17) is 14.2 Å². The van der Waals surface area contributed by atoms with Crippen molar-refractivity contribution in [1.82, 2.24) is 0 Å². The third-order valence-electron chi connectivity index (χ3n) is 7.22. The number of carbonyl (C=O) groups is 1. The molecule has 3 N–H and O–H groups in total. The Balaban J connectivity index is 2.18. The molecule has 0 aromatic rings. The van der Waals surface area contributed by atoms with Crippen molar-refractivity contribution in [1.29, 1.82) is 0 Å². The van der Waals surface area contributed by atoms with Crippen LogP contribution >= 0.6 is 0 Å². The summed E-state index contributed by atoms with van der Waals surface area (Å²) < 4.78 is 17.1. The summed E-state index contributed by atoms with van der Waals surface area (Å²) in [6.45, 7) is 11.5. The van der Waals surface area contributed by atoms with Crippen molar-refractivity contribution in [3.63, 3.8) is 0 Å². The van der Waals surface area contributed by atoms with Gasteiger partial charge in [0.1, 0.15) is 31.0 Å². The van der Waals surface area contributed by atoms with Crippen molar-refractivity contribution in [2.24, 2.45) is 5.92 Å². The lowest BCUT2D eigenvalue weighted by Crippen LogP contribution is -2.61. The SMILES string of the molecule is CC(=O)OC[C@H]1O[C@@H](OC(C)(C)C2C/C=C(\C)CC/C=C(\C)CC/C=C(\C)CC2)[C@H](O)[C@@H](O)[C@H]1O. The quantitative estimate of drug-likeness (QED) is 0.385. The van der Waals surface area contributed by atoms with E-state index in [9.17, 15) is 20.1 Å². The lowest BCUT2D eigenvalue weighted by atomic mass is 9.82. The lowest BCUT2D eigenvalue weighted by Gasteiger charge is -2.44. The highest BCUT2D eigenvalue weighted by atomic mass is 16.7. The van der Waals surface area contributed by atoms with Crippen molar-refractivity contribution in [3.8, 4) is 0 Å². The van der Waals surface area contributed by atoms with Crippen LogP contribution in [0.5, 0.6) is 0 Å². The summed E-state index contributed by atoms with van der Waals surface area (Å²) >= 11 is 0. The van der Waals surface area contributed by atoms with Crippen LogP contribution in [0.15, 0.2) is 34.9 Å². The maximum Gasteiger partial charge on any atom is 0.302 e. The van der Waals surface area contributed by atoms with Crippen molar-refractivity contribution < 1.29 is 34.3 Å². The molecule has 1 fully saturated rings. The van der Waals surface area contributed by atoms with Gasteiger partial charge in [0.05, 0.1) is 5.60 Å². The first kappa shape index (κ1) is 29.7. The van der Waals surface area contributed by atoms with Crippen molar-refractivity contribution >= 4 is 5.97 Å². The van der Waals surface area contributed by atoms with Gasteiger partial charge in [-0.25, -0.2) is 0 Å². The Hall–Kier alpha value is -1.51. The molecular weight excluding hydrogens is 448 g/mol. The van der Waals surface area contributed by atoms with Crippen LogP contribution < -0.4 is 0 Å². The molecule has 200 valence electrons. The monoisotopic (exact) mass is 494 g/mol. The van der Waals surface area contributed by atoms with Gasteiger partial charge in [-0.2, -0.15) is 0 Å². The van der Waals surface area contributed by atoms with Gasteiger partial charge < -0.3 is 29.5 Å². The number of esters is 1. The molecule has 0 aromatic carbocycles. The van der Waals surface area contributed by atoms with Crippen LogP contribution in [0.4, 0.5) is 0 Å². The lowest BCUT2D eigenvalue weighted by molar-refractivity contribution is -0.328. The van der Waals surface area contributed by atoms with E-state index in [1.54, 1.807) is 0 Å². The zero-order valence-corrected chi connectivity index (χ0v) is 22.3. The number of ether oxygens (including phenoxy) is 3. The van der Waals surface area contributed by atoms with E-state index in [0.29, 0.717) is 0 Å². The third-order valence-corrected chi connectivity index (χ3v) is 7.22. The second-order valence-electron chi connectivity index (χ2n) is 10.7. The Labute approximate surface area is 210 Å². The number of hydrogen-bond acceptors (Lipinski definition) is 7. The molecule has 0 saturated carbocycles. The minimum atomic E-state index is -1.47. The van der Waals surface area contributed by atoms with Crippen LogP contribution in [0.3, 0.4) is 0 Å². The van der Waals surface area contributed by atoms with E-state index in [0.717, 1.165) is 44.9 Å². The minimum absolute atomic E-state index is 0.132. The number of aliphatic hydroxyl groups excluding tert-OH is 3. The average molecular weight is 495 g/mol. The molecule has 7 nitrogen and oxygen atoms in total. The fraction of sp³-hybridized carbons (Fsp3) is 0.750. The van der Waals surface area contributed by atoms with Gasteiger partial charge >= 0.3 is 5.97 Å². The zero-order chi connectivity index (χ0) is 26.2. The van der Waals surface area contributed by atoms with Gasteiger partial charge in [-0.3, -0.25) is 4.79 Å². The van der Waals surface area contributed by atoms with Gasteiger partial charge in [0.2, 0.25) is 0 Å². The Morgan fingerprint density at radius 2 is 1.51 bits per heavy atom. The van der Waals surface area contributed by atoms with E-state index in [2.05, 4.69) is 39.0 Å². The molecule has 1 heterocycles. The summed E-state index contributed by atoms with van der Waals surface area (Å²) in [6, 6.07) is 0. The van der Waals surface area contributed by atoms with Crippen LogP contribution in [0.2, 0.25) is 0 Å². The second kappa shape index (κ2) is 13.7. The maximum absolute atomic E-state index is 11.2. The largest absolute Gasteiger partial charge is 0.463 e. The van der Waals surface area contributed by atoms with E-state index >= 15 is 0 Å². The number of carbonyl (C=O) groups excluding carboxylic acids is 1. The van der Waals surface area contributed by atoms with Gasteiger partial charge in [-0.15, -0.1) is 0 Å². The summed E-state index contributed by atoms with van der Waals surface area (Å²) in [7, 11) is 0. The number of aliphatic hydroxyl groups is 3. The minimum Gasteiger partial charge on any atom is -0.463 e. The molecule has 35 heavy (non-hydrogen) atoms. The topological polar surface area (TPSA) is 105 Å². The Bertz CT molecular complexity index is 782. The highest BCUT2D eigenvalue weighted by molar-refractivity contribution is 5.65. The van der Waals surface area contributed by atoms with E-state index in [-0.39, 0.29) is 12.5 Å². The normalized spacial score (nSPS) is 36.5. The molecular formula is C28H46O7. The fourth-order valence-electron chi connectivity index (χ4n) is 4.64. The summed E-state index contributed by atoms with van der Waals surface area (Å²) in [5.41, 5.74) is 3.44. The van der Waals surface area contributed by atoms with Crippen LogP contribution in [-0.2, 0) is 19.0 Å². The standard InChI is InChI=1S/C28H46O7/c1-18-9-7-11-19(2)13-15-22(16-14-20(3)12-8-10-18)28(5,6)35-27-26(32)25(31)24(30)23(34-27)17-33-21(4)29/h9,12-13,22-27,30-32H,7-8,10-11,14-17H2,1-6H3/b18-9+,19-13+,20-12+/t22?,23-,24+,25+,26-,27+/m1/s1. The first-order valence-electron chi connectivity index (χ1n) is 12.9. The predicted octanol–water partition coefficient (Wildman–Crippen LogP) is 4.35. The van der Waals surface area contributed by atoms with Crippen molar-refractivity contribution in [2.75, 3.05) is 6.61 Å². The van der Waals surface area contributed by atoms with Crippen molar-refractivity contribution in [2.45, 2.75) is 123 Å². The van der Waals surface area contributed by atoms with E-state index in [1.807, 2.05) is 13.8 Å². The van der Waals surface area contributed by atoms with Gasteiger partial charge in [-0.1, -0.05) is 34.9 Å².